The highest BCUT2D eigenvalue weighted by molar-refractivity contribution is 7.15. The number of benzene rings is 2. The molecule has 130 valence electrons. The standard InChI is InChI=1S/C19H14N2O4S/c1-24-17(22)11-25-15-9-5-2-6-12(15)10-16-18(23)21-14-8-4-3-7-13(14)20-19(21)26-16/h2-10H,11H2,1H3/b16-10-. The highest BCUT2D eigenvalue weighted by Crippen LogP contribution is 2.20. The lowest BCUT2D eigenvalue weighted by Crippen LogP contribution is -2.22. The summed E-state index contributed by atoms with van der Waals surface area (Å²) in [6.07, 6.45) is 1.75. The molecule has 0 atom stereocenters. The Labute approximate surface area is 151 Å². The molecule has 0 saturated carbocycles. The minimum Gasteiger partial charge on any atom is -0.481 e. The number of aromatic nitrogens is 2. The van der Waals surface area contributed by atoms with Crippen molar-refractivity contribution in [3.8, 4) is 5.75 Å². The van der Waals surface area contributed by atoms with Gasteiger partial charge in [-0.3, -0.25) is 4.79 Å². The van der Waals surface area contributed by atoms with Gasteiger partial charge in [-0.1, -0.05) is 41.7 Å². The lowest BCUT2D eigenvalue weighted by Gasteiger charge is -2.07. The van der Waals surface area contributed by atoms with Gasteiger partial charge in [-0.05, 0) is 24.3 Å². The summed E-state index contributed by atoms with van der Waals surface area (Å²) in [5.41, 5.74) is 2.17. The van der Waals surface area contributed by atoms with Crippen LogP contribution in [0.3, 0.4) is 0 Å². The third-order valence-corrected chi connectivity index (χ3v) is 4.89. The molecule has 7 heteroatoms. The summed E-state index contributed by atoms with van der Waals surface area (Å²) in [6.45, 7) is -0.190. The van der Waals surface area contributed by atoms with E-state index in [4.69, 9.17) is 4.74 Å². The van der Waals surface area contributed by atoms with Gasteiger partial charge in [0, 0.05) is 5.56 Å². The van der Waals surface area contributed by atoms with E-state index in [9.17, 15) is 9.59 Å². The summed E-state index contributed by atoms with van der Waals surface area (Å²) < 4.78 is 12.3. The fourth-order valence-corrected chi connectivity index (χ4v) is 3.66. The Bertz CT molecular complexity index is 1230. The van der Waals surface area contributed by atoms with E-state index in [1.807, 2.05) is 36.4 Å². The van der Waals surface area contributed by atoms with Crippen molar-refractivity contribution in [3.63, 3.8) is 0 Å². The molecule has 2 aromatic heterocycles. The number of imidazole rings is 1. The van der Waals surface area contributed by atoms with Crippen molar-refractivity contribution in [2.24, 2.45) is 0 Å². The molecule has 0 radical (unpaired) electrons. The Balaban J connectivity index is 1.81. The molecule has 2 aromatic carbocycles. The first-order chi connectivity index (χ1) is 12.7. The topological polar surface area (TPSA) is 69.9 Å². The quantitative estimate of drug-likeness (QED) is 0.517. The van der Waals surface area contributed by atoms with Crippen molar-refractivity contribution in [3.05, 3.63) is 69.0 Å². The fourth-order valence-electron chi connectivity index (χ4n) is 2.68. The molecular formula is C19H14N2O4S. The molecule has 0 amide bonds. The van der Waals surface area contributed by atoms with Crippen molar-refractivity contribution in [1.29, 1.82) is 0 Å². The van der Waals surface area contributed by atoms with Crippen LogP contribution in [0.4, 0.5) is 0 Å². The summed E-state index contributed by atoms with van der Waals surface area (Å²) in [6, 6.07) is 14.7. The van der Waals surface area contributed by atoms with Crippen LogP contribution in [0.5, 0.6) is 5.75 Å². The molecule has 4 aromatic rings. The van der Waals surface area contributed by atoms with Gasteiger partial charge in [0.25, 0.3) is 5.56 Å². The van der Waals surface area contributed by atoms with E-state index in [0.29, 0.717) is 20.8 Å². The van der Waals surface area contributed by atoms with Gasteiger partial charge in [-0.25, -0.2) is 14.2 Å². The molecule has 0 fully saturated rings. The number of rotatable bonds is 4. The molecule has 6 nitrogen and oxygen atoms in total. The SMILES string of the molecule is COC(=O)COc1ccccc1/C=c1\sc2nc3ccccc3n2c1=O. The number of nitrogens with zero attached hydrogens (tertiary/aromatic N) is 2. The number of ether oxygens (including phenoxy) is 2. The molecule has 0 saturated heterocycles. The normalized spacial score (nSPS) is 12.0. The van der Waals surface area contributed by atoms with Crippen molar-refractivity contribution in [2.45, 2.75) is 0 Å². The first-order valence-electron chi connectivity index (χ1n) is 7.88. The maximum Gasteiger partial charge on any atom is 0.343 e. The molecule has 0 aliphatic carbocycles. The van der Waals surface area contributed by atoms with Crippen LogP contribution in [0.2, 0.25) is 0 Å². The number of hydrogen-bond donors (Lipinski definition) is 0. The Morgan fingerprint density at radius 3 is 2.81 bits per heavy atom. The van der Waals surface area contributed by atoms with E-state index in [2.05, 4.69) is 9.72 Å². The predicted octanol–water partition coefficient (Wildman–Crippen LogP) is 2.01. The van der Waals surface area contributed by atoms with Gasteiger partial charge in [-0.15, -0.1) is 0 Å². The van der Waals surface area contributed by atoms with Gasteiger partial charge < -0.3 is 9.47 Å². The van der Waals surface area contributed by atoms with Crippen LogP contribution < -0.4 is 14.8 Å². The highest BCUT2D eigenvalue weighted by atomic mass is 32.1. The Morgan fingerprint density at radius 1 is 1.19 bits per heavy atom. The van der Waals surface area contributed by atoms with E-state index in [1.165, 1.54) is 18.4 Å². The van der Waals surface area contributed by atoms with Crippen LogP contribution in [0.1, 0.15) is 5.56 Å². The molecule has 0 bridgehead atoms. The number of methoxy groups -OCH3 is 1. The predicted molar refractivity (Wildman–Crippen MR) is 99.6 cm³/mol. The minimum atomic E-state index is -0.467. The van der Waals surface area contributed by atoms with Gasteiger partial charge >= 0.3 is 5.97 Å². The number of para-hydroxylation sites is 3. The summed E-state index contributed by atoms with van der Waals surface area (Å²) in [5, 5.41) is 0. The molecule has 26 heavy (non-hydrogen) atoms. The zero-order valence-electron chi connectivity index (χ0n) is 13.8. The average Bonchev–Trinajstić information content (AvgIpc) is 3.17. The van der Waals surface area contributed by atoms with Crippen LogP contribution in [0.15, 0.2) is 53.3 Å². The Kier molecular flexibility index (Phi) is 4.14. The molecular weight excluding hydrogens is 352 g/mol. The van der Waals surface area contributed by atoms with E-state index < -0.39 is 5.97 Å². The number of hydrogen-bond acceptors (Lipinski definition) is 6. The number of thiazole rings is 1. The maximum atomic E-state index is 12.8. The average molecular weight is 366 g/mol. The number of carbonyl (C=O) groups is 1. The molecule has 0 unspecified atom stereocenters. The second kappa shape index (κ2) is 6.61. The van der Waals surface area contributed by atoms with Gasteiger partial charge in [0.05, 0.1) is 22.7 Å². The summed E-state index contributed by atoms with van der Waals surface area (Å²) in [4.78, 5) is 29.3. The van der Waals surface area contributed by atoms with Crippen LogP contribution in [0.25, 0.3) is 22.1 Å². The molecule has 0 aliphatic rings. The maximum absolute atomic E-state index is 12.8. The van der Waals surface area contributed by atoms with Crippen molar-refractivity contribution < 1.29 is 14.3 Å². The lowest BCUT2D eigenvalue weighted by molar-refractivity contribution is -0.142. The molecule has 2 heterocycles. The van der Waals surface area contributed by atoms with Crippen molar-refractivity contribution in [1.82, 2.24) is 9.38 Å². The Morgan fingerprint density at radius 2 is 1.96 bits per heavy atom. The fraction of sp³-hybridized carbons (Fsp3) is 0.105. The van der Waals surface area contributed by atoms with Crippen LogP contribution in [-0.2, 0) is 9.53 Å². The molecule has 0 spiro atoms. The number of fused-ring (bicyclic) bond motifs is 3. The Hall–Kier alpha value is -3.19. The molecule has 0 N–H and O–H groups in total. The van der Waals surface area contributed by atoms with Crippen molar-refractivity contribution in [2.75, 3.05) is 13.7 Å². The summed E-state index contributed by atoms with van der Waals surface area (Å²) in [5.74, 6) is 0.0403. The van der Waals surface area contributed by atoms with E-state index in [0.717, 1.165) is 11.0 Å². The summed E-state index contributed by atoms with van der Waals surface area (Å²) in [7, 11) is 1.30. The van der Waals surface area contributed by atoms with Crippen LogP contribution in [-0.4, -0.2) is 29.1 Å². The zero-order valence-corrected chi connectivity index (χ0v) is 14.7. The van der Waals surface area contributed by atoms with Gasteiger partial charge in [0.2, 0.25) is 0 Å². The first kappa shape index (κ1) is 16.3. The molecule has 4 rings (SSSR count). The van der Waals surface area contributed by atoms with E-state index >= 15 is 0 Å². The monoisotopic (exact) mass is 366 g/mol. The van der Waals surface area contributed by atoms with Crippen LogP contribution in [0, 0.1) is 0 Å². The van der Waals surface area contributed by atoms with Crippen molar-refractivity contribution >= 4 is 39.4 Å². The number of esters is 1. The second-order valence-electron chi connectivity index (χ2n) is 5.54. The third-order valence-electron chi connectivity index (χ3n) is 3.92. The lowest BCUT2D eigenvalue weighted by atomic mass is 10.2. The van der Waals surface area contributed by atoms with E-state index in [1.54, 1.807) is 22.6 Å². The largest absolute Gasteiger partial charge is 0.481 e. The minimum absolute atomic E-state index is 0.124. The smallest absolute Gasteiger partial charge is 0.343 e. The third kappa shape index (κ3) is 2.82. The highest BCUT2D eigenvalue weighted by Gasteiger charge is 2.11. The van der Waals surface area contributed by atoms with Crippen LogP contribution >= 0.6 is 11.3 Å². The van der Waals surface area contributed by atoms with E-state index in [-0.39, 0.29) is 12.2 Å². The van der Waals surface area contributed by atoms with Gasteiger partial charge in [-0.2, -0.15) is 0 Å². The second-order valence-corrected chi connectivity index (χ2v) is 6.55. The molecule has 0 aliphatic heterocycles. The first-order valence-corrected chi connectivity index (χ1v) is 8.69. The number of carbonyl (C=O) groups excluding carboxylic acids is 1. The zero-order chi connectivity index (χ0) is 18.1. The van der Waals surface area contributed by atoms with Gasteiger partial charge in [0.1, 0.15) is 5.75 Å². The summed E-state index contributed by atoms with van der Waals surface area (Å²) >= 11 is 1.32. The van der Waals surface area contributed by atoms with Gasteiger partial charge in [0.15, 0.2) is 11.6 Å².